The van der Waals surface area contributed by atoms with Crippen molar-refractivity contribution in [3.8, 4) is 0 Å². The zero-order chi connectivity index (χ0) is 12.1. The highest BCUT2D eigenvalue weighted by atomic mass is 16.3. The zero-order valence-corrected chi connectivity index (χ0v) is 11.0. The predicted molar refractivity (Wildman–Crippen MR) is 65.9 cm³/mol. The summed E-state index contributed by atoms with van der Waals surface area (Å²) in [5, 5.41) is 9.12. The van der Waals surface area contributed by atoms with E-state index in [-0.39, 0.29) is 6.61 Å². The summed E-state index contributed by atoms with van der Waals surface area (Å²) in [6.07, 6.45) is 3.24. The third kappa shape index (κ3) is 5.50. The van der Waals surface area contributed by atoms with E-state index >= 15 is 0 Å². The minimum Gasteiger partial charge on any atom is -0.394 e. The van der Waals surface area contributed by atoms with Gasteiger partial charge in [0.05, 0.1) is 6.61 Å². The van der Waals surface area contributed by atoms with Gasteiger partial charge in [-0.2, -0.15) is 0 Å². The lowest BCUT2D eigenvalue weighted by atomic mass is 9.94. The Bertz CT molecular complexity index is 171. The Morgan fingerprint density at radius 3 is 2.27 bits per heavy atom. The molecule has 0 aliphatic carbocycles. The van der Waals surface area contributed by atoms with E-state index in [4.69, 9.17) is 10.8 Å². The topological polar surface area (TPSA) is 49.5 Å². The van der Waals surface area contributed by atoms with Crippen LogP contribution in [0.3, 0.4) is 0 Å². The van der Waals surface area contributed by atoms with E-state index in [1.807, 2.05) is 6.92 Å². The van der Waals surface area contributed by atoms with Gasteiger partial charge in [0.1, 0.15) is 0 Å². The standard InChI is InChI=1S/C12H28N2O/c1-6-7-10(2)14(5)11(3)8-12(4,13)9-15/h10-11,15H,6-9,13H2,1-5H3. The first-order valence-corrected chi connectivity index (χ1v) is 5.95. The molecular formula is C12H28N2O. The average Bonchev–Trinajstić information content (AvgIpc) is 2.16. The van der Waals surface area contributed by atoms with Gasteiger partial charge < -0.3 is 15.7 Å². The Hall–Kier alpha value is -0.120. The second-order valence-corrected chi connectivity index (χ2v) is 5.17. The van der Waals surface area contributed by atoms with Crippen LogP contribution in [0.15, 0.2) is 0 Å². The van der Waals surface area contributed by atoms with Crippen LogP contribution in [-0.2, 0) is 0 Å². The van der Waals surface area contributed by atoms with Crippen molar-refractivity contribution in [1.29, 1.82) is 0 Å². The lowest BCUT2D eigenvalue weighted by molar-refractivity contribution is 0.127. The predicted octanol–water partition coefficient (Wildman–Crippen LogP) is 1.60. The first-order chi connectivity index (χ1) is 6.84. The fourth-order valence-electron chi connectivity index (χ4n) is 1.94. The number of rotatable bonds is 7. The maximum Gasteiger partial charge on any atom is 0.0609 e. The maximum absolute atomic E-state index is 9.12. The summed E-state index contributed by atoms with van der Waals surface area (Å²) in [4.78, 5) is 2.35. The Labute approximate surface area is 94.6 Å². The zero-order valence-electron chi connectivity index (χ0n) is 11.0. The van der Waals surface area contributed by atoms with Crippen LogP contribution in [0.1, 0.15) is 47.0 Å². The number of nitrogens with two attached hydrogens (primary N) is 1. The molecular weight excluding hydrogens is 188 g/mol. The van der Waals surface area contributed by atoms with Gasteiger partial charge in [-0.3, -0.25) is 0 Å². The van der Waals surface area contributed by atoms with Crippen molar-refractivity contribution >= 4 is 0 Å². The molecule has 3 N–H and O–H groups in total. The van der Waals surface area contributed by atoms with Crippen molar-refractivity contribution in [3.63, 3.8) is 0 Å². The van der Waals surface area contributed by atoms with Crippen LogP contribution in [0.25, 0.3) is 0 Å². The van der Waals surface area contributed by atoms with E-state index in [9.17, 15) is 0 Å². The molecule has 0 aromatic heterocycles. The van der Waals surface area contributed by atoms with Crippen molar-refractivity contribution < 1.29 is 5.11 Å². The van der Waals surface area contributed by atoms with Crippen molar-refractivity contribution in [1.82, 2.24) is 4.90 Å². The summed E-state index contributed by atoms with van der Waals surface area (Å²) in [5.41, 5.74) is 5.49. The number of aliphatic hydroxyl groups is 1. The van der Waals surface area contributed by atoms with E-state index in [0.29, 0.717) is 12.1 Å². The minimum absolute atomic E-state index is 0.0489. The molecule has 0 bridgehead atoms. The highest BCUT2D eigenvalue weighted by molar-refractivity contribution is 4.84. The molecule has 0 amide bonds. The van der Waals surface area contributed by atoms with Crippen LogP contribution >= 0.6 is 0 Å². The summed E-state index contributed by atoms with van der Waals surface area (Å²) in [6, 6.07) is 0.994. The van der Waals surface area contributed by atoms with E-state index in [2.05, 4.69) is 32.7 Å². The molecule has 0 aromatic rings. The van der Waals surface area contributed by atoms with Crippen LogP contribution < -0.4 is 5.73 Å². The smallest absolute Gasteiger partial charge is 0.0609 e. The molecule has 15 heavy (non-hydrogen) atoms. The van der Waals surface area contributed by atoms with Gasteiger partial charge in [-0.05, 0) is 40.7 Å². The van der Waals surface area contributed by atoms with Crippen LogP contribution in [0.5, 0.6) is 0 Å². The van der Waals surface area contributed by atoms with E-state index in [0.717, 1.165) is 6.42 Å². The molecule has 0 fully saturated rings. The third-order valence-corrected chi connectivity index (χ3v) is 3.22. The van der Waals surface area contributed by atoms with E-state index < -0.39 is 5.54 Å². The number of hydrogen-bond acceptors (Lipinski definition) is 3. The number of nitrogens with zero attached hydrogens (tertiary/aromatic N) is 1. The molecule has 0 aliphatic rings. The van der Waals surface area contributed by atoms with Crippen LogP contribution in [-0.4, -0.2) is 41.3 Å². The molecule has 92 valence electrons. The van der Waals surface area contributed by atoms with Gasteiger partial charge in [0.15, 0.2) is 0 Å². The SMILES string of the molecule is CCCC(C)N(C)C(C)CC(C)(N)CO. The quantitative estimate of drug-likeness (QED) is 0.679. The summed E-state index contributed by atoms with van der Waals surface area (Å²) < 4.78 is 0. The molecule has 3 unspecified atom stereocenters. The highest BCUT2D eigenvalue weighted by Gasteiger charge is 2.24. The molecule has 0 saturated carbocycles. The first kappa shape index (κ1) is 14.9. The molecule has 0 rings (SSSR count). The van der Waals surface area contributed by atoms with Crippen molar-refractivity contribution in [3.05, 3.63) is 0 Å². The lowest BCUT2D eigenvalue weighted by Gasteiger charge is -2.35. The van der Waals surface area contributed by atoms with Gasteiger partial charge in [0.25, 0.3) is 0 Å². The minimum atomic E-state index is -0.459. The summed E-state index contributed by atoms with van der Waals surface area (Å²) >= 11 is 0. The van der Waals surface area contributed by atoms with Gasteiger partial charge in [-0.25, -0.2) is 0 Å². The molecule has 0 saturated heterocycles. The number of hydrogen-bond donors (Lipinski definition) is 2. The maximum atomic E-state index is 9.12. The van der Waals surface area contributed by atoms with Gasteiger partial charge >= 0.3 is 0 Å². The normalized spacial score (nSPS) is 20.0. The van der Waals surface area contributed by atoms with Crippen molar-refractivity contribution in [2.24, 2.45) is 5.73 Å². The average molecular weight is 216 g/mol. The van der Waals surface area contributed by atoms with Gasteiger partial charge in [0.2, 0.25) is 0 Å². The highest BCUT2D eigenvalue weighted by Crippen LogP contribution is 2.16. The van der Waals surface area contributed by atoms with Gasteiger partial charge in [-0.15, -0.1) is 0 Å². The van der Waals surface area contributed by atoms with Crippen LogP contribution in [0.4, 0.5) is 0 Å². The molecule has 0 spiro atoms. The van der Waals surface area contributed by atoms with Crippen molar-refractivity contribution in [2.75, 3.05) is 13.7 Å². The molecule has 0 heterocycles. The Morgan fingerprint density at radius 2 is 1.87 bits per heavy atom. The molecule has 0 aromatic carbocycles. The largest absolute Gasteiger partial charge is 0.394 e. The van der Waals surface area contributed by atoms with E-state index in [1.54, 1.807) is 0 Å². The molecule has 0 radical (unpaired) electrons. The summed E-state index contributed by atoms with van der Waals surface area (Å²) in [5.74, 6) is 0. The summed E-state index contributed by atoms with van der Waals surface area (Å²) in [6.45, 7) is 8.57. The van der Waals surface area contributed by atoms with Gasteiger partial charge in [0, 0.05) is 17.6 Å². The second-order valence-electron chi connectivity index (χ2n) is 5.17. The first-order valence-electron chi connectivity index (χ1n) is 5.95. The molecule has 0 aliphatic heterocycles. The van der Waals surface area contributed by atoms with Crippen LogP contribution in [0, 0.1) is 0 Å². The monoisotopic (exact) mass is 216 g/mol. The van der Waals surface area contributed by atoms with Gasteiger partial charge in [-0.1, -0.05) is 13.3 Å². The van der Waals surface area contributed by atoms with Crippen molar-refractivity contribution in [2.45, 2.75) is 64.6 Å². The third-order valence-electron chi connectivity index (χ3n) is 3.22. The fraction of sp³-hybridized carbons (Fsp3) is 1.00. The lowest BCUT2D eigenvalue weighted by Crippen LogP contribution is -2.48. The molecule has 3 atom stereocenters. The molecule has 3 nitrogen and oxygen atoms in total. The Kier molecular flexibility index (Phi) is 6.41. The fourth-order valence-corrected chi connectivity index (χ4v) is 1.94. The number of aliphatic hydroxyl groups excluding tert-OH is 1. The van der Waals surface area contributed by atoms with E-state index in [1.165, 1.54) is 12.8 Å². The van der Waals surface area contributed by atoms with Crippen LogP contribution in [0.2, 0.25) is 0 Å². The Morgan fingerprint density at radius 1 is 1.33 bits per heavy atom. The Balaban J connectivity index is 4.14. The summed E-state index contributed by atoms with van der Waals surface area (Å²) in [7, 11) is 2.14. The second kappa shape index (κ2) is 6.46. The molecule has 3 heteroatoms.